The van der Waals surface area contributed by atoms with E-state index < -0.39 is 11.9 Å². The van der Waals surface area contributed by atoms with Crippen LogP contribution >= 0.6 is 15.9 Å². The van der Waals surface area contributed by atoms with Crippen molar-refractivity contribution in [2.45, 2.75) is 6.10 Å². The molecular weight excluding hydrogens is 275 g/mol. The highest BCUT2D eigenvalue weighted by atomic mass is 79.9. The summed E-state index contributed by atoms with van der Waals surface area (Å²) in [7, 11) is 0. The molecule has 2 aromatic rings. The highest BCUT2D eigenvalue weighted by molar-refractivity contribution is 9.10. The topological polar surface area (TPSA) is 46.0 Å². The van der Waals surface area contributed by atoms with Crippen LogP contribution < -0.4 is 0 Å². The number of rotatable bonds is 2. The van der Waals surface area contributed by atoms with Crippen molar-refractivity contribution in [3.63, 3.8) is 0 Å². The second kappa shape index (κ2) is 4.67. The smallest absolute Gasteiger partial charge is 0.147 e. The van der Waals surface area contributed by atoms with Gasteiger partial charge in [0.25, 0.3) is 0 Å². The Labute approximate surface area is 100 Å². The zero-order chi connectivity index (χ0) is 11.5. The van der Waals surface area contributed by atoms with Crippen LogP contribution in [0.3, 0.4) is 0 Å². The summed E-state index contributed by atoms with van der Waals surface area (Å²) in [6.07, 6.45) is 2.94. The largest absolute Gasteiger partial charge is 0.382 e. The Morgan fingerprint density at radius 1 is 1.31 bits per heavy atom. The lowest BCUT2D eigenvalue weighted by Gasteiger charge is -2.12. The van der Waals surface area contributed by atoms with Crippen LogP contribution in [0.2, 0.25) is 0 Å². The van der Waals surface area contributed by atoms with E-state index in [9.17, 15) is 9.50 Å². The summed E-state index contributed by atoms with van der Waals surface area (Å²) in [6, 6.07) is 4.90. The third kappa shape index (κ3) is 2.10. The van der Waals surface area contributed by atoms with E-state index in [1.54, 1.807) is 18.3 Å². The van der Waals surface area contributed by atoms with Crippen molar-refractivity contribution in [2.24, 2.45) is 0 Å². The van der Waals surface area contributed by atoms with Gasteiger partial charge in [-0.2, -0.15) is 0 Å². The van der Waals surface area contributed by atoms with Gasteiger partial charge in [0.15, 0.2) is 0 Å². The predicted octanol–water partition coefficient (Wildman–Crippen LogP) is 2.46. The molecule has 0 aliphatic heterocycles. The van der Waals surface area contributed by atoms with Crippen molar-refractivity contribution in [3.05, 3.63) is 58.3 Å². The van der Waals surface area contributed by atoms with Crippen LogP contribution in [0.1, 0.15) is 17.4 Å². The molecule has 2 heterocycles. The highest BCUT2D eigenvalue weighted by Gasteiger charge is 2.18. The van der Waals surface area contributed by atoms with Gasteiger partial charge in [0, 0.05) is 22.4 Å². The Balaban J connectivity index is 2.44. The van der Waals surface area contributed by atoms with Crippen molar-refractivity contribution in [1.82, 2.24) is 9.97 Å². The molecule has 0 aromatic carbocycles. The SMILES string of the molecule is OC(c1ccncc1F)c1ncccc1Br. The average molecular weight is 283 g/mol. The Hall–Kier alpha value is -1.33. The molecule has 1 N–H and O–H groups in total. The molecule has 0 amide bonds. The Morgan fingerprint density at radius 2 is 2.12 bits per heavy atom. The van der Waals surface area contributed by atoms with Gasteiger partial charge in [0.1, 0.15) is 11.9 Å². The van der Waals surface area contributed by atoms with E-state index in [0.717, 1.165) is 6.20 Å². The standard InChI is InChI=1S/C11H8BrFN2O/c12-8-2-1-4-15-10(8)11(16)7-3-5-14-6-9(7)13/h1-6,11,16H. The highest BCUT2D eigenvalue weighted by Crippen LogP contribution is 2.27. The third-order valence-corrected chi connectivity index (χ3v) is 2.81. The molecule has 0 bridgehead atoms. The average Bonchev–Trinajstić information content (AvgIpc) is 2.29. The third-order valence-electron chi connectivity index (χ3n) is 2.14. The van der Waals surface area contributed by atoms with Gasteiger partial charge >= 0.3 is 0 Å². The van der Waals surface area contributed by atoms with Gasteiger partial charge in [0.2, 0.25) is 0 Å². The van der Waals surface area contributed by atoms with E-state index in [-0.39, 0.29) is 5.56 Å². The second-order valence-corrected chi connectivity index (χ2v) is 4.02. The molecule has 2 rings (SSSR count). The van der Waals surface area contributed by atoms with Gasteiger partial charge in [0.05, 0.1) is 11.9 Å². The molecule has 0 fully saturated rings. The fourth-order valence-electron chi connectivity index (χ4n) is 1.35. The monoisotopic (exact) mass is 282 g/mol. The molecule has 1 atom stereocenters. The van der Waals surface area contributed by atoms with E-state index in [1.165, 1.54) is 12.3 Å². The Kier molecular flexibility index (Phi) is 3.26. The maximum absolute atomic E-state index is 13.4. The van der Waals surface area contributed by atoms with E-state index in [1.807, 2.05) is 0 Å². The fourth-order valence-corrected chi connectivity index (χ4v) is 1.83. The quantitative estimate of drug-likeness (QED) is 0.920. The molecule has 0 spiro atoms. The van der Waals surface area contributed by atoms with Crippen LogP contribution in [0.4, 0.5) is 4.39 Å². The van der Waals surface area contributed by atoms with Gasteiger partial charge in [-0.05, 0) is 34.1 Å². The van der Waals surface area contributed by atoms with Crippen LogP contribution in [0.5, 0.6) is 0 Å². The summed E-state index contributed by atoms with van der Waals surface area (Å²) in [5.41, 5.74) is 0.544. The minimum atomic E-state index is -1.10. The molecule has 0 saturated carbocycles. The number of aliphatic hydroxyl groups is 1. The first-order valence-electron chi connectivity index (χ1n) is 4.58. The normalized spacial score (nSPS) is 12.4. The van der Waals surface area contributed by atoms with Crippen LogP contribution in [0.15, 0.2) is 41.3 Å². The van der Waals surface area contributed by atoms with Crippen molar-refractivity contribution in [3.8, 4) is 0 Å². The summed E-state index contributed by atoms with van der Waals surface area (Å²) in [4.78, 5) is 7.64. The first-order valence-corrected chi connectivity index (χ1v) is 5.37. The molecule has 2 aromatic heterocycles. The van der Waals surface area contributed by atoms with Gasteiger partial charge in [-0.25, -0.2) is 4.39 Å². The van der Waals surface area contributed by atoms with Crippen LogP contribution in [-0.2, 0) is 0 Å². The molecule has 0 aliphatic carbocycles. The number of hydrogen-bond acceptors (Lipinski definition) is 3. The first-order chi connectivity index (χ1) is 7.70. The maximum Gasteiger partial charge on any atom is 0.147 e. The zero-order valence-corrected chi connectivity index (χ0v) is 9.73. The summed E-state index contributed by atoms with van der Waals surface area (Å²) < 4.78 is 14.0. The molecule has 0 saturated heterocycles. The molecular formula is C11H8BrFN2O. The van der Waals surface area contributed by atoms with Crippen molar-refractivity contribution in [1.29, 1.82) is 0 Å². The number of nitrogens with zero attached hydrogens (tertiary/aromatic N) is 2. The lowest BCUT2D eigenvalue weighted by Crippen LogP contribution is -2.05. The lowest BCUT2D eigenvalue weighted by atomic mass is 10.1. The van der Waals surface area contributed by atoms with Crippen molar-refractivity contribution >= 4 is 15.9 Å². The van der Waals surface area contributed by atoms with Gasteiger partial charge in [-0.1, -0.05) is 0 Å². The minimum Gasteiger partial charge on any atom is -0.382 e. The number of aromatic nitrogens is 2. The van der Waals surface area contributed by atoms with Gasteiger partial charge in [-0.3, -0.25) is 9.97 Å². The number of pyridine rings is 2. The van der Waals surface area contributed by atoms with Crippen LogP contribution in [0, 0.1) is 5.82 Å². The maximum atomic E-state index is 13.4. The molecule has 3 nitrogen and oxygen atoms in total. The number of hydrogen-bond donors (Lipinski definition) is 1. The zero-order valence-electron chi connectivity index (χ0n) is 8.14. The van der Waals surface area contributed by atoms with E-state index in [4.69, 9.17) is 0 Å². The van der Waals surface area contributed by atoms with Crippen LogP contribution in [-0.4, -0.2) is 15.1 Å². The molecule has 1 unspecified atom stereocenters. The number of aliphatic hydroxyl groups excluding tert-OH is 1. The Morgan fingerprint density at radius 3 is 2.81 bits per heavy atom. The lowest BCUT2D eigenvalue weighted by molar-refractivity contribution is 0.209. The summed E-state index contributed by atoms with van der Waals surface area (Å²) in [5, 5.41) is 9.99. The van der Waals surface area contributed by atoms with Crippen LogP contribution in [0.25, 0.3) is 0 Å². The van der Waals surface area contributed by atoms with E-state index in [2.05, 4.69) is 25.9 Å². The Bertz CT molecular complexity index is 461. The van der Waals surface area contributed by atoms with Gasteiger partial charge in [-0.15, -0.1) is 0 Å². The molecule has 16 heavy (non-hydrogen) atoms. The summed E-state index contributed by atoms with van der Waals surface area (Å²) in [5.74, 6) is -0.549. The van der Waals surface area contributed by atoms with Gasteiger partial charge < -0.3 is 5.11 Å². The van der Waals surface area contributed by atoms with E-state index in [0.29, 0.717) is 10.2 Å². The van der Waals surface area contributed by atoms with Crippen molar-refractivity contribution < 1.29 is 9.50 Å². The fraction of sp³-hybridized carbons (Fsp3) is 0.0909. The first kappa shape index (κ1) is 11.2. The predicted molar refractivity (Wildman–Crippen MR) is 60.2 cm³/mol. The summed E-state index contributed by atoms with van der Waals surface area (Å²) >= 11 is 3.26. The molecule has 82 valence electrons. The minimum absolute atomic E-state index is 0.161. The molecule has 0 radical (unpaired) electrons. The molecule has 0 aliphatic rings. The van der Waals surface area contributed by atoms with Crippen molar-refractivity contribution in [2.75, 3.05) is 0 Å². The number of halogens is 2. The summed E-state index contributed by atoms with van der Waals surface area (Å²) in [6.45, 7) is 0. The second-order valence-electron chi connectivity index (χ2n) is 3.17. The molecule has 5 heteroatoms. The van der Waals surface area contributed by atoms with E-state index >= 15 is 0 Å².